The molecule has 1 heterocycles. The molecule has 7 nitrogen and oxygen atoms in total. The van der Waals surface area contributed by atoms with E-state index in [1.54, 1.807) is 0 Å². The van der Waals surface area contributed by atoms with Crippen LogP contribution in [0.2, 0.25) is 0 Å². The van der Waals surface area contributed by atoms with Crippen LogP contribution in [0.25, 0.3) is 0 Å². The summed E-state index contributed by atoms with van der Waals surface area (Å²) in [5.41, 5.74) is 5.20. The summed E-state index contributed by atoms with van der Waals surface area (Å²) in [6, 6.07) is 9.09. The molecule has 2 aromatic rings. The maximum Gasteiger partial charge on any atom is 0.409 e. The van der Waals surface area contributed by atoms with Gasteiger partial charge in [0, 0.05) is 0 Å². The van der Waals surface area contributed by atoms with Crippen molar-refractivity contribution in [3.8, 4) is 5.75 Å². The number of carbonyl (C=O) groups excluding carboxylic acids is 3. The Bertz CT molecular complexity index is 962. The van der Waals surface area contributed by atoms with Crippen molar-refractivity contribution in [3.05, 3.63) is 54.1 Å². The molecule has 1 aliphatic heterocycles. The SMILES string of the molecule is NC(=O)c1ccccc1OCC(=O)N1c2ccccc2NC(=O)C[C@H]1C(F)(F)F. The number of ether oxygens (including phenoxy) is 1. The summed E-state index contributed by atoms with van der Waals surface area (Å²) in [5, 5.41) is 2.37. The van der Waals surface area contributed by atoms with E-state index in [2.05, 4.69) is 5.32 Å². The van der Waals surface area contributed by atoms with E-state index in [1.165, 1.54) is 48.5 Å². The molecule has 0 aromatic heterocycles. The third kappa shape index (κ3) is 4.31. The van der Waals surface area contributed by atoms with E-state index in [4.69, 9.17) is 10.5 Å². The van der Waals surface area contributed by atoms with Crippen LogP contribution in [-0.2, 0) is 9.59 Å². The third-order valence-electron chi connectivity index (χ3n) is 4.28. The Kier molecular flexibility index (Phi) is 5.44. The zero-order valence-corrected chi connectivity index (χ0v) is 14.9. The zero-order valence-electron chi connectivity index (χ0n) is 14.9. The van der Waals surface area contributed by atoms with Gasteiger partial charge in [0.25, 0.3) is 11.8 Å². The molecular weight excluding hydrogens is 391 g/mol. The average molecular weight is 407 g/mol. The molecule has 0 spiro atoms. The highest BCUT2D eigenvalue weighted by molar-refractivity contribution is 6.05. The molecular formula is C19H16F3N3O4. The van der Waals surface area contributed by atoms with E-state index in [9.17, 15) is 27.6 Å². The predicted octanol–water partition coefficient (Wildman–Crippen LogP) is 2.47. The number of carbonyl (C=O) groups is 3. The predicted molar refractivity (Wildman–Crippen MR) is 97.5 cm³/mol. The van der Waals surface area contributed by atoms with Crippen molar-refractivity contribution in [3.63, 3.8) is 0 Å². The van der Waals surface area contributed by atoms with Gasteiger partial charge in [0.1, 0.15) is 11.8 Å². The zero-order chi connectivity index (χ0) is 21.2. The van der Waals surface area contributed by atoms with Gasteiger partial charge in [-0.05, 0) is 24.3 Å². The molecule has 3 N–H and O–H groups in total. The Labute approximate surface area is 163 Å². The number of fused-ring (bicyclic) bond motifs is 1. The number of alkyl halides is 3. The molecule has 152 valence electrons. The number of primary amides is 1. The van der Waals surface area contributed by atoms with Crippen LogP contribution in [0.3, 0.4) is 0 Å². The lowest BCUT2D eigenvalue weighted by Crippen LogP contribution is -2.51. The monoisotopic (exact) mass is 407 g/mol. The highest BCUT2D eigenvalue weighted by Crippen LogP contribution is 2.37. The summed E-state index contributed by atoms with van der Waals surface area (Å²) >= 11 is 0. The van der Waals surface area contributed by atoms with Crippen LogP contribution < -0.4 is 20.7 Å². The summed E-state index contributed by atoms with van der Waals surface area (Å²) in [7, 11) is 0. The molecule has 1 atom stereocenters. The van der Waals surface area contributed by atoms with E-state index in [0.29, 0.717) is 4.90 Å². The number of amides is 3. The van der Waals surface area contributed by atoms with Gasteiger partial charge in [-0.25, -0.2) is 0 Å². The molecule has 0 saturated heterocycles. The van der Waals surface area contributed by atoms with Crippen molar-refractivity contribution < 1.29 is 32.3 Å². The van der Waals surface area contributed by atoms with E-state index < -0.39 is 43.0 Å². The number of nitrogens with one attached hydrogen (secondary N) is 1. The van der Waals surface area contributed by atoms with E-state index in [-0.39, 0.29) is 22.7 Å². The number of benzene rings is 2. The van der Waals surface area contributed by atoms with Crippen LogP contribution in [0, 0.1) is 0 Å². The minimum atomic E-state index is -4.85. The number of para-hydroxylation sites is 3. The highest BCUT2D eigenvalue weighted by atomic mass is 19.4. The first-order chi connectivity index (χ1) is 13.7. The molecule has 3 rings (SSSR count). The maximum atomic E-state index is 13.7. The van der Waals surface area contributed by atoms with Gasteiger partial charge in [0.2, 0.25) is 5.91 Å². The van der Waals surface area contributed by atoms with Crippen LogP contribution in [0.4, 0.5) is 24.5 Å². The summed E-state index contributed by atoms with van der Waals surface area (Å²) in [5.74, 6) is -2.74. The number of hydrogen-bond acceptors (Lipinski definition) is 4. The van der Waals surface area contributed by atoms with Crippen LogP contribution in [0.5, 0.6) is 5.75 Å². The van der Waals surface area contributed by atoms with E-state index in [0.717, 1.165) is 0 Å². The quantitative estimate of drug-likeness (QED) is 0.813. The van der Waals surface area contributed by atoms with Gasteiger partial charge in [0.15, 0.2) is 6.61 Å². The van der Waals surface area contributed by atoms with Crippen molar-refractivity contribution in [2.24, 2.45) is 5.73 Å². The number of nitrogens with zero attached hydrogens (tertiary/aromatic N) is 1. The van der Waals surface area contributed by atoms with Gasteiger partial charge in [-0.2, -0.15) is 13.2 Å². The van der Waals surface area contributed by atoms with Gasteiger partial charge in [-0.1, -0.05) is 24.3 Å². The number of hydrogen-bond donors (Lipinski definition) is 2. The molecule has 0 saturated carbocycles. The topological polar surface area (TPSA) is 102 Å². The van der Waals surface area contributed by atoms with Gasteiger partial charge in [0.05, 0.1) is 23.4 Å². The van der Waals surface area contributed by atoms with Crippen LogP contribution >= 0.6 is 0 Å². The fourth-order valence-corrected chi connectivity index (χ4v) is 3.00. The molecule has 0 unspecified atom stereocenters. The highest BCUT2D eigenvalue weighted by Gasteiger charge is 2.49. The Morgan fingerprint density at radius 3 is 2.48 bits per heavy atom. The van der Waals surface area contributed by atoms with E-state index in [1.807, 2.05) is 0 Å². The normalized spacial score (nSPS) is 16.4. The fraction of sp³-hybridized carbons (Fsp3) is 0.211. The lowest BCUT2D eigenvalue weighted by atomic mass is 10.1. The number of rotatable bonds is 4. The van der Waals surface area contributed by atoms with Crippen molar-refractivity contribution in [1.82, 2.24) is 0 Å². The molecule has 10 heteroatoms. The molecule has 0 aliphatic carbocycles. The third-order valence-corrected chi connectivity index (χ3v) is 4.28. The molecule has 3 amide bonds. The van der Waals surface area contributed by atoms with E-state index >= 15 is 0 Å². The molecule has 0 bridgehead atoms. The van der Waals surface area contributed by atoms with Crippen LogP contribution in [-0.4, -0.2) is 36.5 Å². The average Bonchev–Trinajstić information content (AvgIpc) is 2.81. The van der Waals surface area contributed by atoms with Crippen molar-refractivity contribution >= 4 is 29.1 Å². The summed E-state index contributed by atoms with van der Waals surface area (Å²) in [6.07, 6.45) is -5.81. The molecule has 0 fully saturated rings. The molecule has 0 radical (unpaired) electrons. The minimum absolute atomic E-state index is 0.0132. The Morgan fingerprint density at radius 2 is 1.79 bits per heavy atom. The van der Waals surface area contributed by atoms with Gasteiger partial charge >= 0.3 is 6.18 Å². The second-order valence-electron chi connectivity index (χ2n) is 6.24. The maximum absolute atomic E-state index is 13.7. The van der Waals surface area contributed by atoms with Gasteiger partial charge in [-0.15, -0.1) is 0 Å². The summed E-state index contributed by atoms with van der Waals surface area (Å²) in [4.78, 5) is 36.7. The number of anilines is 2. The molecule has 2 aromatic carbocycles. The lowest BCUT2D eigenvalue weighted by Gasteiger charge is -2.31. The second kappa shape index (κ2) is 7.82. The largest absolute Gasteiger partial charge is 0.483 e. The molecule has 1 aliphatic rings. The summed E-state index contributed by atoms with van der Waals surface area (Å²) in [6.45, 7) is -0.792. The molecule has 29 heavy (non-hydrogen) atoms. The van der Waals surface area contributed by atoms with Crippen LogP contribution in [0.1, 0.15) is 16.8 Å². The van der Waals surface area contributed by atoms with Gasteiger partial charge < -0.3 is 15.8 Å². The Hall–Kier alpha value is -3.56. The van der Waals surface area contributed by atoms with Crippen LogP contribution in [0.15, 0.2) is 48.5 Å². The number of nitrogens with two attached hydrogens (primary N) is 1. The fourth-order valence-electron chi connectivity index (χ4n) is 3.00. The van der Waals surface area contributed by atoms with Crippen molar-refractivity contribution in [1.29, 1.82) is 0 Å². The summed E-state index contributed by atoms with van der Waals surface area (Å²) < 4.78 is 46.3. The smallest absolute Gasteiger partial charge is 0.409 e. The first-order valence-electron chi connectivity index (χ1n) is 8.47. The van der Waals surface area contributed by atoms with Crippen molar-refractivity contribution in [2.75, 3.05) is 16.8 Å². The minimum Gasteiger partial charge on any atom is -0.483 e. The Morgan fingerprint density at radius 1 is 1.14 bits per heavy atom. The first kappa shape index (κ1) is 20.2. The van der Waals surface area contributed by atoms with Gasteiger partial charge in [-0.3, -0.25) is 19.3 Å². The first-order valence-corrected chi connectivity index (χ1v) is 8.47. The lowest BCUT2D eigenvalue weighted by molar-refractivity contribution is -0.158. The number of halogens is 3. The van der Waals surface area contributed by atoms with Crippen molar-refractivity contribution in [2.45, 2.75) is 18.6 Å². The second-order valence-corrected chi connectivity index (χ2v) is 6.24. The Balaban J connectivity index is 1.94. The standard InChI is InChI=1S/C19H16F3N3O4/c20-19(21,22)15-9-16(26)24-12-6-2-3-7-13(12)25(15)17(27)10-29-14-8-4-1-5-11(14)18(23)28/h1-8,15H,9-10H2,(H2,23,28)(H,24,26)/t15-/m0/s1.